The average Bonchev–Trinajstić information content (AvgIpc) is 3.56. The standard InChI is InChI=1S/C24H24N4O9/c1-12(29)34-9-17-21(35-13(2)30)22(36-14(3)31)24(37-17)28-11-27-19-18(25-10-26-23(19)28)20(32)15-6-5-7-16(8-15)33-4/h5-8,10-11,17,21-22,24H,9H2,1-4H3/t17-,21-,22-,24?/m1/s1/i1D,2D,3D. The minimum absolute atomic E-state index is 0.0344. The van der Waals surface area contributed by atoms with Gasteiger partial charge in [-0.3, -0.25) is 23.7 Å². The summed E-state index contributed by atoms with van der Waals surface area (Å²) >= 11 is 0. The van der Waals surface area contributed by atoms with Crippen molar-refractivity contribution in [1.29, 1.82) is 0 Å². The van der Waals surface area contributed by atoms with E-state index in [0.717, 1.165) is 6.33 Å². The fourth-order valence-electron chi connectivity index (χ4n) is 3.92. The number of aromatic nitrogens is 4. The molecule has 0 N–H and O–H groups in total. The molecule has 3 aromatic rings. The van der Waals surface area contributed by atoms with Gasteiger partial charge in [0.1, 0.15) is 36.0 Å². The Kier molecular flexibility index (Phi) is 6.32. The Balaban J connectivity index is 1.74. The molecular weight excluding hydrogens is 488 g/mol. The molecule has 0 bridgehead atoms. The monoisotopic (exact) mass is 515 g/mol. The number of ether oxygens (including phenoxy) is 5. The summed E-state index contributed by atoms with van der Waals surface area (Å²) in [5, 5.41) is 0. The van der Waals surface area contributed by atoms with Crippen molar-refractivity contribution in [1.82, 2.24) is 19.5 Å². The number of imidazole rings is 1. The van der Waals surface area contributed by atoms with Crippen molar-refractivity contribution in [2.75, 3.05) is 13.7 Å². The third-order valence-electron chi connectivity index (χ3n) is 5.41. The predicted molar refractivity (Wildman–Crippen MR) is 123 cm³/mol. The van der Waals surface area contributed by atoms with E-state index in [1.165, 1.54) is 24.1 Å². The highest BCUT2D eigenvalue weighted by Gasteiger charge is 2.51. The first-order valence-corrected chi connectivity index (χ1v) is 10.7. The summed E-state index contributed by atoms with van der Waals surface area (Å²) in [6.07, 6.45) is -2.78. The van der Waals surface area contributed by atoms with E-state index in [4.69, 9.17) is 27.8 Å². The topological polar surface area (TPSA) is 158 Å². The molecule has 1 aromatic carbocycles. The van der Waals surface area contributed by atoms with Gasteiger partial charge in [-0.1, -0.05) is 12.1 Å². The van der Waals surface area contributed by atoms with E-state index < -0.39 is 75.5 Å². The third kappa shape index (κ3) is 5.40. The third-order valence-corrected chi connectivity index (χ3v) is 5.41. The molecule has 4 rings (SSSR count). The first-order valence-electron chi connectivity index (χ1n) is 12.9. The normalized spacial score (nSPS) is 21.9. The van der Waals surface area contributed by atoms with Crippen molar-refractivity contribution >= 4 is 34.9 Å². The molecule has 1 unspecified atom stereocenters. The predicted octanol–water partition coefficient (Wildman–Crippen LogP) is 1.39. The number of nitrogens with zero attached hydrogens (tertiary/aromatic N) is 4. The highest BCUT2D eigenvalue weighted by atomic mass is 16.7. The molecule has 3 heterocycles. The van der Waals surface area contributed by atoms with E-state index in [1.54, 1.807) is 18.2 Å². The molecule has 0 amide bonds. The highest BCUT2D eigenvalue weighted by molar-refractivity contribution is 6.13. The van der Waals surface area contributed by atoms with Crippen LogP contribution < -0.4 is 4.74 Å². The molecule has 194 valence electrons. The number of carbonyl (C=O) groups is 4. The largest absolute Gasteiger partial charge is 0.497 e. The minimum Gasteiger partial charge on any atom is -0.497 e. The van der Waals surface area contributed by atoms with Crippen molar-refractivity contribution in [3.05, 3.63) is 48.2 Å². The lowest BCUT2D eigenvalue weighted by Crippen LogP contribution is -2.40. The molecule has 13 heteroatoms. The van der Waals surface area contributed by atoms with Crippen LogP contribution in [0.25, 0.3) is 11.2 Å². The van der Waals surface area contributed by atoms with E-state index in [1.807, 2.05) is 0 Å². The van der Waals surface area contributed by atoms with Gasteiger partial charge in [-0.15, -0.1) is 0 Å². The number of rotatable bonds is 8. The van der Waals surface area contributed by atoms with Gasteiger partial charge in [-0.2, -0.15) is 0 Å². The second-order valence-electron chi connectivity index (χ2n) is 7.76. The fraction of sp³-hybridized carbons (Fsp3) is 0.375. The second kappa shape index (κ2) is 10.7. The van der Waals surface area contributed by atoms with Crippen LogP contribution >= 0.6 is 0 Å². The SMILES string of the molecule is [2H]CC(=O)OC[C@H]1OC(n2cnc3c(C(=O)c4cccc(OC)c4)ncnc32)[C@H](OC(=O)C[2H])[C@@H]1OC(=O)C[2H]. The summed E-state index contributed by atoms with van der Waals surface area (Å²) in [4.78, 5) is 61.7. The number of benzene rings is 1. The number of methoxy groups -OCH3 is 1. The van der Waals surface area contributed by atoms with Gasteiger partial charge in [-0.25, -0.2) is 15.0 Å². The van der Waals surface area contributed by atoms with Crippen LogP contribution in [0.2, 0.25) is 0 Å². The van der Waals surface area contributed by atoms with Crippen molar-refractivity contribution in [2.24, 2.45) is 0 Å². The lowest BCUT2D eigenvalue weighted by Gasteiger charge is -2.23. The number of hydrogen-bond acceptors (Lipinski definition) is 12. The summed E-state index contributed by atoms with van der Waals surface area (Å²) in [5.41, 5.74) is 0.445. The average molecular weight is 515 g/mol. The van der Waals surface area contributed by atoms with Gasteiger partial charge in [-0.05, 0) is 12.1 Å². The number of hydrogen-bond donors (Lipinski definition) is 0. The Labute approximate surface area is 214 Å². The van der Waals surface area contributed by atoms with Crippen LogP contribution in [-0.4, -0.2) is 75.2 Å². The molecule has 0 spiro atoms. The van der Waals surface area contributed by atoms with E-state index in [0.29, 0.717) is 5.75 Å². The second-order valence-corrected chi connectivity index (χ2v) is 7.76. The maximum absolute atomic E-state index is 13.3. The molecule has 0 saturated carbocycles. The Morgan fingerprint density at radius 1 is 1.03 bits per heavy atom. The summed E-state index contributed by atoms with van der Waals surface area (Å²) < 4.78 is 50.0. The summed E-state index contributed by atoms with van der Waals surface area (Å²) in [6, 6.07) is 6.45. The zero-order valence-corrected chi connectivity index (χ0v) is 19.6. The first-order chi connectivity index (χ1) is 19.3. The van der Waals surface area contributed by atoms with Crippen molar-refractivity contribution in [3.63, 3.8) is 0 Å². The minimum atomic E-state index is -1.38. The van der Waals surface area contributed by atoms with Crippen molar-refractivity contribution in [3.8, 4) is 5.75 Å². The van der Waals surface area contributed by atoms with Gasteiger partial charge in [0, 0.05) is 30.4 Å². The van der Waals surface area contributed by atoms with Gasteiger partial charge in [0.25, 0.3) is 0 Å². The molecule has 13 nitrogen and oxygen atoms in total. The zero-order chi connectivity index (χ0) is 28.8. The maximum Gasteiger partial charge on any atom is 0.303 e. The molecule has 2 aromatic heterocycles. The van der Waals surface area contributed by atoms with Crippen molar-refractivity contribution in [2.45, 2.75) is 45.2 Å². The Morgan fingerprint density at radius 3 is 2.51 bits per heavy atom. The van der Waals surface area contributed by atoms with Gasteiger partial charge in [0.15, 0.2) is 24.1 Å². The lowest BCUT2D eigenvalue weighted by atomic mass is 10.1. The lowest BCUT2D eigenvalue weighted by molar-refractivity contribution is -0.166. The molecule has 0 aliphatic carbocycles. The summed E-state index contributed by atoms with van der Waals surface area (Å²) in [7, 11) is 1.47. The molecule has 1 aliphatic rings. The van der Waals surface area contributed by atoms with Gasteiger partial charge in [0.2, 0.25) is 5.78 Å². The molecule has 4 atom stereocenters. The van der Waals surface area contributed by atoms with Crippen LogP contribution in [0.4, 0.5) is 0 Å². The molecular formula is C24H24N4O9. The maximum atomic E-state index is 13.3. The van der Waals surface area contributed by atoms with Crippen LogP contribution in [0, 0.1) is 0 Å². The van der Waals surface area contributed by atoms with E-state index in [2.05, 4.69) is 15.0 Å². The Bertz CT molecular complexity index is 1420. The molecule has 0 radical (unpaired) electrons. The van der Waals surface area contributed by atoms with Crippen LogP contribution in [0.5, 0.6) is 5.75 Å². The van der Waals surface area contributed by atoms with Crippen molar-refractivity contribution < 1.29 is 47.0 Å². The van der Waals surface area contributed by atoms with Crippen LogP contribution in [0.3, 0.4) is 0 Å². The fourth-order valence-corrected chi connectivity index (χ4v) is 3.92. The van der Waals surface area contributed by atoms with Gasteiger partial charge in [0.05, 0.1) is 13.4 Å². The Morgan fingerprint density at radius 2 is 1.78 bits per heavy atom. The number of ketones is 1. The highest BCUT2D eigenvalue weighted by Crippen LogP contribution is 2.36. The van der Waals surface area contributed by atoms with Crippen LogP contribution in [0.1, 0.15) is 47.1 Å². The zero-order valence-electron chi connectivity index (χ0n) is 22.6. The number of fused-ring (bicyclic) bond motifs is 1. The summed E-state index contributed by atoms with van der Waals surface area (Å²) in [6.45, 7) is -2.65. The molecule has 37 heavy (non-hydrogen) atoms. The number of carbonyl (C=O) groups excluding carboxylic acids is 4. The molecule has 1 aliphatic heterocycles. The molecule has 1 fully saturated rings. The van der Waals surface area contributed by atoms with Gasteiger partial charge < -0.3 is 23.7 Å². The van der Waals surface area contributed by atoms with E-state index >= 15 is 0 Å². The molecule has 1 saturated heterocycles. The first kappa shape index (κ1) is 21.9. The van der Waals surface area contributed by atoms with E-state index in [-0.39, 0.29) is 22.4 Å². The van der Waals surface area contributed by atoms with Crippen LogP contribution in [-0.2, 0) is 33.3 Å². The quantitative estimate of drug-likeness (QED) is 0.241. The van der Waals surface area contributed by atoms with Gasteiger partial charge >= 0.3 is 17.9 Å². The van der Waals surface area contributed by atoms with E-state index in [9.17, 15) is 19.2 Å². The summed E-state index contributed by atoms with van der Waals surface area (Å²) in [5.74, 6) is -2.82. The number of esters is 3. The Hall–Kier alpha value is -4.39. The smallest absolute Gasteiger partial charge is 0.303 e. The van der Waals surface area contributed by atoms with Crippen LogP contribution in [0.15, 0.2) is 36.9 Å².